The second-order valence-corrected chi connectivity index (χ2v) is 3.84. The molecule has 0 aliphatic carbocycles. The van der Waals surface area contributed by atoms with E-state index in [-0.39, 0.29) is 5.91 Å². The molecule has 0 aromatic heterocycles. The number of benzene rings is 1. The van der Waals surface area contributed by atoms with Crippen LogP contribution in [0.3, 0.4) is 0 Å². The summed E-state index contributed by atoms with van der Waals surface area (Å²) < 4.78 is 4.58. The molecule has 0 saturated heterocycles. The van der Waals surface area contributed by atoms with Gasteiger partial charge >= 0.3 is 5.97 Å². The molecule has 0 spiro atoms. The predicted octanol–water partition coefficient (Wildman–Crippen LogP) is 2.13. The quantitative estimate of drug-likeness (QED) is 0.642. The molecular formula is C13H17NO3. The highest BCUT2D eigenvalue weighted by Gasteiger charge is 2.25. The molecule has 1 rings (SSSR count). The third kappa shape index (κ3) is 3.59. The Morgan fingerprint density at radius 2 is 1.88 bits per heavy atom. The molecule has 4 heteroatoms. The maximum Gasteiger partial charge on any atom is 0.318 e. The summed E-state index contributed by atoms with van der Waals surface area (Å²) in [6, 6.07) is 7.40. The molecule has 4 nitrogen and oxygen atoms in total. The number of ether oxygens (including phenoxy) is 1. The van der Waals surface area contributed by atoms with E-state index in [1.807, 2.05) is 19.1 Å². The molecule has 1 atom stereocenters. The number of carbonyl (C=O) groups excluding carboxylic acids is 2. The van der Waals surface area contributed by atoms with Crippen LogP contribution in [0, 0.1) is 12.8 Å². The van der Waals surface area contributed by atoms with Crippen molar-refractivity contribution >= 4 is 17.6 Å². The lowest BCUT2D eigenvalue weighted by Gasteiger charge is -2.12. The molecule has 0 aliphatic heterocycles. The maximum atomic E-state index is 11.8. The van der Waals surface area contributed by atoms with Crippen molar-refractivity contribution in [3.8, 4) is 0 Å². The smallest absolute Gasteiger partial charge is 0.318 e. The fourth-order valence-electron chi connectivity index (χ4n) is 1.47. The zero-order valence-corrected chi connectivity index (χ0v) is 10.3. The van der Waals surface area contributed by atoms with E-state index < -0.39 is 11.9 Å². The van der Waals surface area contributed by atoms with Crippen molar-refractivity contribution in [2.24, 2.45) is 5.92 Å². The summed E-state index contributed by atoms with van der Waals surface area (Å²) in [7, 11) is 1.28. The van der Waals surface area contributed by atoms with E-state index in [9.17, 15) is 9.59 Å². The standard InChI is InChI=1S/C13H17NO3/c1-4-11(13(16)17-3)12(15)14-10-7-5-9(2)6-8-10/h5-8,11H,4H2,1-3H3,(H,14,15). The van der Waals surface area contributed by atoms with Gasteiger partial charge in [-0.05, 0) is 25.5 Å². The molecule has 92 valence electrons. The average molecular weight is 235 g/mol. The summed E-state index contributed by atoms with van der Waals surface area (Å²) in [6.45, 7) is 3.74. The van der Waals surface area contributed by atoms with Crippen LogP contribution >= 0.6 is 0 Å². The molecule has 1 amide bonds. The van der Waals surface area contributed by atoms with Crippen molar-refractivity contribution in [3.63, 3.8) is 0 Å². The first-order valence-corrected chi connectivity index (χ1v) is 5.53. The number of hydrogen-bond donors (Lipinski definition) is 1. The van der Waals surface area contributed by atoms with Gasteiger partial charge in [-0.3, -0.25) is 9.59 Å². The molecule has 0 aliphatic rings. The first-order chi connectivity index (χ1) is 8.08. The van der Waals surface area contributed by atoms with Gasteiger partial charge in [-0.15, -0.1) is 0 Å². The van der Waals surface area contributed by atoms with E-state index in [4.69, 9.17) is 0 Å². The van der Waals surface area contributed by atoms with Crippen molar-refractivity contribution in [2.75, 3.05) is 12.4 Å². The Balaban J connectivity index is 2.70. The molecule has 1 unspecified atom stereocenters. The monoisotopic (exact) mass is 235 g/mol. The van der Waals surface area contributed by atoms with Crippen LogP contribution < -0.4 is 5.32 Å². The van der Waals surface area contributed by atoms with Gasteiger partial charge in [0.05, 0.1) is 7.11 Å². The Hall–Kier alpha value is -1.84. The Labute approximate surface area is 101 Å². The van der Waals surface area contributed by atoms with Gasteiger partial charge in [0.15, 0.2) is 0 Å². The van der Waals surface area contributed by atoms with Gasteiger partial charge in [-0.2, -0.15) is 0 Å². The Bertz CT molecular complexity index is 398. The number of amides is 1. The zero-order chi connectivity index (χ0) is 12.8. The molecule has 0 heterocycles. The minimum atomic E-state index is -0.749. The van der Waals surface area contributed by atoms with Crippen molar-refractivity contribution in [1.82, 2.24) is 0 Å². The summed E-state index contributed by atoms with van der Waals surface area (Å²) in [5.74, 6) is -1.58. The van der Waals surface area contributed by atoms with Gasteiger partial charge < -0.3 is 10.1 Å². The third-order valence-corrected chi connectivity index (χ3v) is 2.53. The van der Waals surface area contributed by atoms with Crippen molar-refractivity contribution < 1.29 is 14.3 Å². The van der Waals surface area contributed by atoms with Crippen LogP contribution in [0.4, 0.5) is 5.69 Å². The SMILES string of the molecule is CCC(C(=O)Nc1ccc(C)cc1)C(=O)OC. The van der Waals surface area contributed by atoms with E-state index in [0.717, 1.165) is 5.56 Å². The van der Waals surface area contributed by atoms with Crippen LogP contribution in [0.25, 0.3) is 0 Å². The lowest BCUT2D eigenvalue weighted by Crippen LogP contribution is -2.30. The van der Waals surface area contributed by atoms with Crippen molar-refractivity contribution in [3.05, 3.63) is 29.8 Å². The van der Waals surface area contributed by atoms with E-state index in [0.29, 0.717) is 12.1 Å². The van der Waals surface area contributed by atoms with Gasteiger partial charge in [-0.1, -0.05) is 24.6 Å². The summed E-state index contributed by atoms with van der Waals surface area (Å²) in [6.07, 6.45) is 0.421. The van der Waals surface area contributed by atoms with E-state index in [2.05, 4.69) is 10.1 Å². The lowest BCUT2D eigenvalue weighted by atomic mass is 10.1. The number of hydrogen-bond acceptors (Lipinski definition) is 3. The van der Waals surface area contributed by atoms with Crippen LogP contribution in [0.2, 0.25) is 0 Å². The van der Waals surface area contributed by atoms with Gasteiger partial charge in [0.2, 0.25) is 5.91 Å². The Morgan fingerprint density at radius 3 is 2.35 bits per heavy atom. The number of rotatable bonds is 4. The largest absolute Gasteiger partial charge is 0.468 e. The van der Waals surface area contributed by atoms with Gasteiger partial charge in [-0.25, -0.2) is 0 Å². The highest BCUT2D eigenvalue weighted by atomic mass is 16.5. The maximum absolute atomic E-state index is 11.8. The Kier molecular flexibility index (Phi) is 4.69. The van der Waals surface area contributed by atoms with Gasteiger partial charge in [0.1, 0.15) is 5.92 Å². The van der Waals surface area contributed by atoms with Crippen molar-refractivity contribution in [2.45, 2.75) is 20.3 Å². The zero-order valence-electron chi connectivity index (χ0n) is 10.3. The molecule has 0 saturated carbocycles. The number of methoxy groups -OCH3 is 1. The minimum Gasteiger partial charge on any atom is -0.468 e. The van der Waals surface area contributed by atoms with Crippen molar-refractivity contribution in [1.29, 1.82) is 0 Å². The number of carbonyl (C=O) groups is 2. The third-order valence-electron chi connectivity index (χ3n) is 2.53. The average Bonchev–Trinajstić information content (AvgIpc) is 2.32. The van der Waals surface area contributed by atoms with Crippen LogP contribution in [-0.4, -0.2) is 19.0 Å². The fourth-order valence-corrected chi connectivity index (χ4v) is 1.47. The normalized spacial score (nSPS) is 11.7. The van der Waals surface area contributed by atoms with E-state index >= 15 is 0 Å². The second kappa shape index (κ2) is 6.03. The number of anilines is 1. The topological polar surface area (TPSA) is 55.4 Å². The van der Waals surface area contributed by atoms with Crippen LogP contribution in [0.1, 0.15) is 18.9 Å². The molecular weight excluding hydrogens is 218 g/mol. The molecule has 1 N–H and O–H groups in total. The van der Waals surface area contributed by atoms with E-state index in [1.165, 1.54) is 7.11 Å². The van der Waals surface area contributed by atoms with Crippen LogP contribution in [-0.2, 0) is 14.3 Å². The highest BCUT2D eigenvalue weighted by Crippen LogP contribution is 2.12. The van der Waals surface area contributed by atoms with Gasteiger partial charge in [0, 0.05) is 5.69 Å². The summed E-state index contributed by atoms with van der Waals surface area (Å²) in [5.41, 5.74) is 1.80. The number of aryl methyl sites for hydroxylation is 1. The van der Waals surface area contributed by atoms with E-state index in [1.54, 1.807) is 19.1 Å². The van der Waals surface area contributed by atoms with Crippen LogP contribution in [0.15, 0.2) is 24.3 Å². The molecule has 17 heavy (non-hydrogen) atoms. The molecule has 0 bridgehead atoms. The minimum absolute atomic E-state index is 0.330. The van der Waals surface area contributed by atoms with Gasteiger partial charge in [0.25, 0.3) is 0 Å². The molecule has 1 aromatic carbocycles. The molecule has 1 aromatic rings. The second-order valence-electron chi connectivity index (χ2n) is 3.84. The summed E-state index contributed by atoms with van der Waals surface area (Å²) in [4.78, 5) is 23.2. The first kappa shape index (κ1) is 13.2. The molecule has 0 radical (unpaired) electrons. The number of nitrogens with one attached hydrogen (secondary N) is 1. The first-order valence-electron chi connectivity index (χ1n) is 5.53. The molecule has 0 fully saturated rings. The predicted molar refractivity (Wildman–Crippen MR) is 65.6 cm³/mol. The Morgan fingerprint density at radius 1 is 1.29 bits per heavy atom. The lowest BCUT2D eigenvalue weighted by molar-refractivity contribution is -0.148. The highest BCUT2D eigenvalue weighted by molar-refractivity contribution is 6.04. The summed E-state index contributed by atoms with van der Waals surface area (Å²) >= 11 is 0. The fraction of sp³-hybridized carbons (Fsp3) is 0.385. The summed E-state index contributed by atoms with van der Waals surface area (Å²) in [5, 5.41) is 2.70. The number of esters is 1. The van der Waals surface area contributed by atoms with Crippen LogP contribution in [0.5, 0.6) is 0 Å².